The molecule has 0 bridgehead atoms. The van der Waals surface area contributed by atoms with Crippen LogP contribution in [0.1, 0.15) is 21.7 Å². The van der Waals surface area contributed by atoms with Gasteiger partial charge >= 0.3 is 0 Å². The summed E-state index contributed by atoms with van der Waals surface area (Å²) in [5.41, 5.74) is 5.53. The summed E-state index contributed by atoms with van der Waals surface area (Å²) in [5.74, 6) is -0.162. The van der Waals surface area contributed by atoms with Crippen molar-refractivity contribution >= 4 is 33.3 Å². The van der Waals surface area contributed by atoms with E-state index >= 15 is 0 Å². The summed E-state index contributed by atoms with van der Waals surface area (Å²) in [6.07, 6.45) is 1.93. The van der Waals surface area contributed by atoms with Crippen molar-refractivity contribution in [3.05, 3.63) is 52.8 Å². The van der Waals surface area contributed by atoms with Gasteiger partial charge in [0.05, 0.1) is 11.4 Å². The Kier molecular flexibility index (Phi) is 3.88. The molecule has 0 aliphatic carbocycles. The zero-order chi connectivity index (χ0) is 18.4. The topological polar surface area (TPSA) is 64.7 Å². The normalized spacial score (nSPS) is 11.2. The maximum Gasteiger partial charge on any atom is 0.274 e. The minimum Gasteiger partial charge on any atom is -0.340 e. The van der Waals surface area contributed by atoms with Crippen LogP contribution in [0.25, 0.3) is 22.2 Å². The number of amides is 1. The summed E-state index contributed by atoms with van der Waals surface area (Å²) in [7, 11) is 3.78. The van der Waals surface area contributed by atoms with Crippen molar-refractivity contribution < 1.29 is 4.79 Å². The third-order valence-electron chi connectivity index (χ3n) is 4.44. The Hall–Kier alpha value is -2.93. The summed E-state index contributed by atoms with van der Waals surface area (Å²) < 4.78 is 3.67. The van der Waals surface area contributed by atoms with Crippen LogP contribution < -0.4 is 5.32 Å². The van der Waals surface area contributed by atoms with Crippen LogP contribution in [0.3, 0.4) is 0 Å². The number of anilines is 1. The van der Waals surface area contributed by atoms with Crippen LogP contribution >= 0.6 is 11.3 Å². The zero-order valence-corrected chi connectivity index (χ0v) is 15.9. The van der Waals surface area contributed by atoms with Gasteiger partial charge in [-0.25, -0.2) is 4.98 Å². The van der Waals surface area contributed by atoms with Gasteiger partial charge in [0.2, 0.25) is 0 Å². The van der Waals surface area contributed by atoms with Gasteiger partial charge < -0.3 is 4.57 Å². The van der Waals surface area contributed by atoms with Crippen molar-refractivity contribution in [2.75, 3.05) is 5.32 Å². The Morgan fingerprint density at radius 1 is 1.19 bits per heavy atom. The second-order valence-electron chi connectivity index (χ2n) is 6.44. The minimum atomic E-state index is -0.162. The lowest BCUT2D eigenvalue weighted by Crippen LogP contribution is -2.15. The van der Waals surface area contributed by atoms with Crippen molar-refractivity contribution in [3.8, 4) is 11.3 Å². The van der Waals surface area contributed by atoms with Crippen molar-refractivity contribution in [1.82, 2.24) is 19.3 Å². The molecule has 3 heterocycles. The fourth-order valence-electron chi connectivity index (χ4n) is 3.15. The number of thiazole rings is 1. The number of carbonyl (C=O) groups is 1. The van der Waals surface area contributed by atoms with Gasteiger partial charge in [0, 0.05) is 42.1 Å². The molecule has 4 aromatic rings. The molecule has 6 nitrogen and oxygen atoms in total. The van der Waals surface area contributed by atoms with Gasteiger partial charge in [0.15, 0.2) is 5.13 Å². The van der Waals surface area contributed by atoms with E-state index in [0.29, 0.717) is 10.8 Å². The second kappa shape index (κ2) is 6.10. The van der Waals surface area contributed by atoms with Gasteiger partial charge in [-0.15, -0.1) is 11.3 Å². The molecule has 0 aliphatic rings. The number of aromatic nitrogens is 4. The van der Waals surface area contributed by atoms with Crippen LogP contribution in [0, 0.1) is 13.8 Å². The SMILES string of the molecule is Cc1ccc2c(c1)cc(C(=O)Nc1nc(-c3cn(C)nc3C)cs1)n2C. The van der Waals surface area contributed by atoms with Crippen LogP contribution in [0.2, 0.25) is 0 Å². The van der Waals surface area contributed by atoms with E-state index in [1.54, 1.807) is 4.68 Å². The fraction of sp³-hybridized carbons (Fsp3) is 0.211. The number of hydrogen-bond acceptors (Lipinski definition) is 4. The minimum absolute atomic E-state index is 0.162. The smallest absolute Gasteiger partial charge is 0.274 e. The van der Waals surface area contributed by atoms with Crippen molar-refractivity contribution in [1.29, 1.82) is 0 Å². The van der Waals surface area contributed by atoms with Crippen LogP contribution in [-0.4, -0.2) is 25.2 Å². The number of nitrogens with one attached hydrogen (secondary N) is 1. The molecule has 26 heavy (non-hydrogen) atoms. The molecule has 1 amide bonds. The highest BCUT2D eigenvalue weighted by molar-refractivity contribution is 7.14. The van der Waals surface area contributed by atoms with Crippen molar-refractivity contribution in [2.45, 2.75) is 13.8 Å². The van der Waals surface area contributed by atoms with E-state index in [1.807, 2.05) is 62.3 Å². The molecule has 0 radical (unpaired) electrons. The fourth-order valence-corrected chi connectivity index (χ4v) is 3.86. The van der Waals surface area contributed by atoms with E-state index in [0.717, 1.165) is 27.9 Å². The van der Waals surface area contributed by atoms with Gasteiger partial charge in [-0.2, -0.15) is 5.10 Å². The Morgan fingerprint density at radius 3 is 2.73 bits per heavy atom. The summed E-state index contributed by atoms with van der Waals surface area (Å²) in [4.78, 5) is 17.3. The summed E-state index contributed by atoms with van der Waals surface area (Å²) in [5, 5.41) is 10.8. The Balaban J connectivity index is 1.61. The lowest BCUT2D eigenvalue weighted by molar-refractivity contribution is 0.101. The lowest BCUT2D eigenvalue weighted by atomic mass is 10.2. The highest BCUT2D eigenvalue weighted by Gasteiger charge is 2.16. The van der Waals surface area contributed by atoms with Crippen molar-refractivity contribution in [3.63, 3.8) is 0 Å². The molecular weight excluding hydrogens is 346 g/mol. The molecule has 0 saturated heterocycles. The predicted octanol–water partition coefficient (Wildman–Crippen LogP) is 3.90. The zero-order valence-electron chi connectivity index (χ0n) is 15.1. The summed E-state index contributed by atoms with van der Waals surface area (Å²) >= 11 is 1.41. The highest BCUT2D eigenvalue weighted by Crippen LogP contribution is 2.27. The van der Waals surface area contributed by atoms with Crippen LogP contribution in [0.15, 0.2) is 35.8 Å². The summed E-state index contributed by atoms with van der Waals surface area (Å²) in [6, 6.07) is 8.08. The number of fused-ring (bicyclic) bond motifs is 1. The maximum absolute atomic E-state index is 12.7. The maximum atomic E-state index is 12.7. The lowest BCUT2D eigenvalue weighted by Gasteiger charge is -2.04. The molecular formula is C19H19N5OS. The molecule has 7 heteroatoms. The first-order valence-corrected chi connectivity index (χ1v) is 9.14. The highest BCUT2D eigenvalue weighted by atomic mass is 32.1. The number of aryl methyl sites for hydroxylation is 4. The predicted molar refractivity (Wildman–Crippen MR) is 105 cm³/mol. The van der Waals surface area contributed by atoms with E-state index in [-0.39, 0.29) is 5.91 Å². The van der Waals surface area contributed by atoms with Gasteiger partial charge in [0.1, 0.15) is 5.69 Å². The standard InChI is InChI=1S/C19H19N5OS/c1-11-5-6-16-13(7-11)8-17(24(16)4)18(25)21-19-20-15(10-26-19)14-9-23(3)22-12(14)2/h5-10H,1-4H3,(H,20,21,25). The molecule has 0 unspecified atom stereocenters. The van der Waals surface area contributed by atoms with E-state index in [2.05, 4.69) is 21.5 Å². The van der Waals surface area contributed by atoms with Crippen LogP contribution in [-0.2, 0) is 14.1 Å². The first kappa shape index (κ1) is 16.5. The molecule has 0 spiro atoms. The molecule has 0 saturated carbocycles. The van der Waals surface area contributed by atoms with E-state index in [4.69, 9.17) is 0 Å². The van der Waals surface area contributed by atoms with Crippen LogP contribution in [0.4, 0.5) is 5.13 Å². The third-order valence-corrected chi connectivity index (χ3v) is 5.20. The van der Waals surface area contributed by atoms with E-state index in [9.17, 15) is 4.79 Å². The quantitative estimate of drug-likeness (QED) is 0.599. The van der Waals surface area contributed by atoms with Gasteiger partial charge in [-0.1, -0.05) is 11.6 Å². The largest absolute Gasteiger partial charge is 0.340 e. The molecule has 0 fully saturated rings. The first-order valence-electron chi connectivity index (χ1n) is 8.26. The number of benzene rings is 1. The van der Waals surface area contributed by atoms with E-state index in [1.165, 1.54) is 16.9 Å². The third kappa shape index (κ3) is 2.80. The average Bonchev–Trinajstić information content (AvgIpc) is 3.25. The molecule has 0 aliphatic heterocycles. The number of nitrogens with zero attached hydrogens (tertiary/aromatic N) is 4. The van der Waals surface area contributed by atoms with Gasteiger partial charge in [0.25, 0.3) is 5.91 Å². The van der Waals surface area contributed by atoms with Crippen molar-refractivity contribution in [2.24, 2.45) is 14.1 Å². The summed E-state index contributed by atoms with van der Waals surface area (Å²) in [6.45, 7) is 3.99. The Morgan fingerprint density at radius 2 is 2.00 bits per heavy atom. The Bertz CT molecular complexity index is 1130. The van der Waals surface area contributed by atoms with Gasteiger partial charge in [-0.3, -0.25) is 14.8 Å². The number of carbonyl (C=O) groups excluding carboxylic acids is 1. The second-order valence-corrected chi connectivity index (χ2v) is 7.30. The molecule has 1 N–H and O–H groups in total. The molecule has 132 valence electrons. The van der Waals surface area contributed by atoms with Gasteiger partial charge in [-0.05, 0) is 32.0 Å². The molecule has 0 atom stereocenters. The molecule has 1 aromatic carbocycles. The number of hydrogen-bond donors (Lipinski definition) is 1. The number of rotatable bonds is 3. The van der Waals surface area contributed by atoms with E-state index < -0.39 is 0 Å². The monoisotopic (exact) mass is 365 g/mol. The van der Waals surface area contributed by atoms with Crippen LogP contribution in [0.5, 0.6) is 0 Å². The molecule has 3 aromatic heterocycles. The average molecular weight is 365 g/mol. The Labute approximate surface area is 155 Å². The first-order chi connectivity index (χ1) is 12.4. The molecule has 4 rings (SSSR count).